The summed E-state index contributed by atoms with van der Waals surface area (Å²) in [5.74, 6) is 1.23. The maximum atomic E-state index is 12.5. The van der Waals surface area contributed by atoms with E-state index in [0.29, 0.717) is 51.6 Å². The molecule has 2 aromatic carbocycles. The molecule has 13 heteroatoms. The van der Waals surface area contributed by atoms with E-state index in [1.807, 2.05) is 24.3 Å². The van der Waals surface area contributed by atoms with Crippen LogP contribution >= 0.6 is 0 Å². The molecule has 0 radical (unpaired) electrons. The highest BCUT2D eigenvalue weighted by atomic mass is 19.4. The Morgan fingerprint density at radius 3 is 2.03 bits per heavy atom. The third kappa shape index (κ3) is 10.1. The smallest absolute Gasteiger partial charge is 0.497 e. The van der Waals surface area contributed by atoms with Crippen LogP contribution in [0.15, 0.2) is 48.5 Å². The highest BCUT2D eigenvalue weighted by molar-refractivity contribution is 5.59. The van der Waals surface area contributed by atoms with Crippen LogP contribution in [0.5, 0.6) is 11.5 Å². The first-order chi connectivity index (χ1) is 17.9. The summed E-state index contributed by atoms with van der Waals surface area (Å²) >= 11 is 0. The molecule has 10 nitrogen and oxygen atoms in total. The minimum atomic E-state index is -4.77. The number of nitrogens with one attached hydrogen (secondary N) is 2. The van der Waals surface area contributed by atoms with Crippen molar-refractivity contribution in [1.82, 2.24) is 15.0 Å². The molecule has 0 aliphatic rings. The third-order valence-corrected chi connectivity index (χ3v) is 4.75. The summed E-state index contributed by atoms with van der Waals surface area (Å²) in [5.41, 5.74) is 6.82. The molecule has 0 amide bonds. The number of hydrogen-bond donors (Lipinski definition) is 3. The molecule has 0 aliphatic carbocycles. The fourth-order valence-electron chi connectivity index (χ4n) is 3.03. The van der Waals surface area contributed by atoms with E-state index in [4.69, 9.17) is 19.9 Å². The molecule has 0 atom stereocenters. The van der Waals surface area contributed by atoms with Crippen molar-refractivity contribution in [3.8, 4) is 22.9 Å². The summed E-state index contributed by atoms with van der Waals surface area (Å²) in [6, 6.07) is 12.8. The Bertz CT molecular complexity index is 1090. The molecular weight excluding hydrogens is 493 g/mol. The average Bonchev–Trinajstić information content (AvgIpc) is 2.89. The van der Waals surface area contributed by atoms with E-state index in [9.17, 15) is 13.2 Å². The van der Waals surface area contributed by atoms with Crippen molar-refractivity contribution in [2.45, 2.75) is 12.9 Å². The SMILES string of the molecule is COc1ccc(CNc2nc(NCCOCCOCCN)nc(-c3ccc(OC(F)(F)F)cc3)n2)cc1. The Morgan fingerprint density at radius 1 is 0.784 bits per heavy atom. The first-order valence-electron chi connectivity index (χ1n) is 11.4. The predicted molar refractivity (Wildman–Crippen MR) is 131 cm³/mol. The largest absolute Gasteiger partial charge is 0.573 e. The number of nitrogens with zero attached hydrogens (tertiary/aromatic N) is 3. The topological polar surface area (TPSA) is 126 Å². The van der Waals surface area contributed by atoms with E-state index in [1.54, 1.807) is 7.11 Å². The van der Waals surface area contributed by atoms with Gasteiger partial charge in [0.25, 0.3) is 0 Å². The highest BCUT2D eigenvalue weighted by Gasteiger charge is 2.31. The van der Waals surface area contributed by atoms with Crippen LogP contribution in [0.3, 0.4) is 0 Å². The molecule has 0 bridgehead atoms. The van der Waals surface area contributed by atoms with Crippen LogP contribution in [0, 0.1) is 0 Å². The van der Waals surface area contributed by atoms with Crippen molar-refractivity contribution in [2.24, 2.45) is 5.73 Å². The third-order valence-electron chi connectivity index (χ3n) is 4.75. The van der Waals surface area contributed by atoms with Crippen molar-refractivity contribution in [3.63, 3.8) is 0 Å². The second kappa shape index (κ2) is 14.2. The number of alkyl halides is 3. The Morgan fingerprint density at radius 2 is 1.41 bits per heavy atom. The molecule has 1 aromatic heterocycles. The van der Waals surface area contributed by atoms with Crippen LogP contribution in [0.1, 0.15) is 5.56 Å². The lowest BCUT2D eigenvalue weighted by atomic mass is 10.2. The molecule has 0 saturated heterocycles. The molecule has 1 heterocycles. The molecule has 4 N–H and O–H groups in total. The molecular formula is C24H29F3N6O4. The molecule has 0 saturated carbocycles. The molecule has 37 heavy (non-hydrogen) atoms. The highest BCUT2D eigenvalue weighted by Crippen LogP contribution is 2.26. The number of halogens is 3. The van der Waals surface area contributed by atoms with Gasteiger partial charge in [-0.1, -0.05) is 12.1 Å². The number of benzene rings is 2. The van der Waals surface area contributed by atoms with E-state index in [-0.39, 0.29) is 23.5 Å². The van der Waals surface area contributed by atoms with Gasteiger partial charge in [-0.25, -0.2) is 0 Å². The zero-order chi connectivity index (χ0) is 26.5. The summed E-state index contributed by atoms with van der Waals surface area (Å²) in [6.07, 6.45) is -4.77. The summed E-state index contributed by atoms with van der Waals surface area (Å²) in [7, 11) is 1.59. The second-order valence-corrected chi connectivity index (χ2v) is 7.52. The number of ether oxygens (including phenoxy) is 4. The van der Waals surface area contributed by atoms with Crippen LogP contribution in [0.4, 0.5) is 25.1 Å². The molecule has 0 unspecified atom stereocenters. The normalized spacial score (nSPS) is 11.3. The van der Waals surface area contributed by atoms with Crippen molar-refractivity contribution in [2.75, 3.05) is 57.3 Å². The average molecular weight is 523 g/mol. The summed E-state index contributed by atoms with van der Waals surface area (Å²) in [6.45, 7) is 3.02. The van der Waals surface area contributed by atoms with E-state index >= 15 is 0 Å². The maximum absolute atomic E-state index is 12.5. The lowest BCUT2D eigenvalue weighted by Gasteiger charge is -2.12. The van der Waals surface area contributed by atoms with Crippen molar-refractivity contribution >= 4 is 11.9 Å². The van der Waals surface area contributed by atoms with Crippen LogP contribution < -0.4 is 25.8 Å². The molecule has 0 aliphatic heterocycles. The van der Waals surface area contributed by atoms with Gasteiger partial charge in [-0.2, -0.15) is 15.0 Å². The Balaban J connectivity index is 1.68. The second-order valence-electron chi connectivity index (χ2n) is 7.52. The Hall–Kier alpha value is -3.68. The minimum absolute atomic E-state index is 0.268. The fourth-order valence-corrected chi connectivity index (χ4v) is 3.03. The van der Waals surface area contributed by atoms with E-state index in [0.717, 1.165) is 11.3 Å². The fraction of sp³-hybridized carbons (Fsp3) is 0.375. The van der Waals surface area contributed by atoms with Gasteiger partial charge in [0, 0.05) is 25.2 Å². The van der Waals surface area contributed by atoms with Gasteiger partial charge in [-0.15, -0.1) is 13.2 Å². The number of hydrogen-bond acceptors (Lipinski definition) is 10. The van der Waals surface area contributed by atoms with Crippen LogP contribution in [0.2, 0.25) is 0 Å². The van der Waals surface area contributed by atoms with Gasteiger partial charge in [-0.05, 0) is 42.0 Å². The minimum Gasteiger partial charge on any atom is -0.497 e. The molecule has 200 valence electrons. The lowest BCUT2D eigenvalue weighted by Crippen LogP contribution is -2.17. The first-order valence-corrected chi connectivity index (χ1v) is 11.4. The van der Waals surface area contributed by atoms with Gasteiger partial charge in [0.2, 0.25) is 11.9 Å². The van der Waals surface area contributed by atoms with Gasteiger partial charge < -0.3 is 35.3 Å². The maximum Gasteiger partial charge on any atom is 0.573 e. The monoisotopic (exact) mass is 522 g/mol. The van der Waals surface area contributed by atoms with E-state index in [1.165, 1.54) is 24.3 Å². The van der Waals surface area contributed by atoms with Crippen LogP contribution in [-0.2, 0) is 16.0 Å². The van der Waals surface area contributed by atoms with Gasteiger partial charge in [0.15, 0.2) is 5.82 Å². The van der Waals surface area contributed by atoms with Gasteiger partial charge in [0.1, 0.15) is 11.5 Å². The summed E-state index contributed by atoms with van der Waals surface area (Å²) in [4.78, 5) is 13.2. The molecule has 3 rings (SSSR count). The van der Waals surface area contributed by atoms with Crippen molar-refractivity contribution < 1.29 is 32.1 Å². The number of aromatic nitrogens is 3. The standard InChI is InChI=1S/C24H29F3N6O4/c1-34-19-6-2-17(3-7-19)16-30-23-32-21(18-4-8-20(9-5-18)37-24(25,26)27)31-22(33-23)29-11-13-36-15-14-35-12-10-28/h2-9H,10-16,28H2,1H3,(H2,29,30,31,32,33). The Kier molecular flexibility index (Phi) is 10.7. The molecule has 0 spiro atoms. The van der Waals surface area contributed by atoms with Crippen molar-refractivity contribution in [3.05, 3.63) is 54.1 Å². The molecule has 0 fully saturated rings. The van der Waals surface area contributed by atoms with E-state index in [2.05, 4.69) is 30.3 Å². The molecule has 3 aromatic rings. The number of rotatable bonds is 15. The van der Waals surface area contributed by atoms with Crippen LogP contribution in [-0.4, -0.2) is 67.9 Å². The van der Waals surface area contributed by atoms with Gasteiger partial charge in [-0.3, -0.25) is 0 Å². The van der Waals surface area contributed by atoms with Gasteiger partial charge in [0.05, 0.1) is 33.5 Å². The lowest BCUT2D eigenvalue weighted by molar-refractivity contribution is -0.274. The predicted octanol–water partition coefficient (Wildman–Crippen LogP) is 3.46. The van der Waals surface area contributed by atoms with E-state index < -0.39 is 6.36 Å². The van der Waals surface area contributed by atoms with Gasteiger partial charge >= 0.3 is 6.36 Å². The summed E-state index contributed by atoms with van der Waals surface area (Å²) < 4.78 is 57.3. The quantitative estimate of drug-likeness (QED) is 0.256. The number of methoxy groups -OCH3 is 1. The zero-order valence-corrected chi connectivity index (χ0v) is 20.3. The van der Waals surface area contributed by atoms with Crippen molar-refractivity contribution in [1.29, 1.82) is 0 Å². The zero-order valence-electron chi connectivity index (χ0n) is 20.3. The number of nitrogens with two attached hydrogens (primary N) is 1. The number of anilines is 2. The summed E-state index contributed by atoms with van der Waals surface area (Å²) in [5, 5.41) is 6.22. The Labute approximate surface area is 212 Å². The first kappa shape index (κ1) is 27.9. The van der Waals surface area contributed by atoms with Crippen LogP contribution in [0.25, 0.3) is 11.4 Å².